The maximum Gasteiger partial charge on any atom is 0.347 e. The summed E-state index contributed by atoms with van der Waals surface area (Å²) in [7, 11) is -3.34. The number of carboxylic acid groups (broad SMARTS) is 1. The highest BCUT2D eigenvalue weighted by Gasteiger charge is 2.29. The van der Waals surface area contributed by atoms with Crippen molar-refractivity contribution in [2.45, 2.75) is 49.8 Å². The monoisotopic (exact) mass is 523 g/mol. The van der Waals surface area contributed by atoms with Crippen LogP contribution in [0.4, 0.5) is 0 Å². The number of fused-ring (bicyclic) bond motifs is 1. The first-order chi connectivity index (χ1) is 16.0. The van der Waals surface area contributed by atoms with E-state index in [-0.39, 0.29) is 5.75 Å². The average molecular weight is 524 g/mol. The van der Waals surface area contributed by atoms with Crippen LogP contribution in [0.15, 0.2) is 46.7 Å². The highest BCUT2D eigenvalue weighted by Crippen LogP contribution is 2.36. The normalized spacial score (nSPS) is 12.2. The average Bonchev–Trinajstić information content (AvgIpc) is 3.10. The Morgan fingerprint density at radius 2 is 1.79 bits per heavy atom. The van der Waals surface area contributed by atoms with Crippen LogP contribution in [0.1, 0.15) is 37.8 Å². The number of nitrogens with one attached hydrogen (secondary N) is 1. The van der Waals surface area contributed by atoms with Crippen LogP contribution in [0.3, 0.4) is 0 Å². The zero-order valence-electron chi connectivity index (χ0n) is 19.6. The topological polar surface area (TPSA) is 92.7 Å². The van der Waals surface area contributed by atoms with E-state index in [0.29, 0.717) is 27.9 Å². The van der Waals surface area contributed by atoms with Gasteiger partial charge in [0, 0.05) is 9.72 Å². The van der Waals surface area contributed by atoms with Crippen molar-refractivity contribution >= 4 is 48.8 Å². The van der Waals surface area contributed by atoms with Gasteiger partial charge < -0.3 is 15.2 Å². The lowest BCUT2D eigenvalue weighted by atomic mass is 10.1. The number of benzene rings is 2. The van der Waals surface area contributed by atoms with Gasteiger partial charge in [-0.3, -0.25) is 0 Å². The van der Waals surface area contributed by atoms with Crippen molar-refractivity contribution in [3.8, 4) is 5.75 Å². The Morgan fingerprint density at radius 1 is 1.12 bits per heavy atom. The fourth-order valence-corrected chi connectivity index (χ4v) is 6.96. The van der Waals surface area contributed by atoms with E-state index in [0.717, 1.165) is 40.6 Å². The third-order valence-electron chi connectivity index (χ3n) is 5.53. The smallest absolute Gasteiger partial charge is 0.347 e. The van der Waals surface area contributed by atoms with Crippen LogP contribution in [0.5, 0.6) is 5.75 Å². The summed E-state index contributed by atoms with van der Waals surface area (Å²) in [4.78, 5) is 11.2. The fourth-order valence-electron chi connectivity index (χ4n) is 3.55. The molecule has 0 unspecified atom stereocenters. The molecule has 0 spiro atoms. The molecule has 1 aromatic heterocycles. The lowest BCUT2D eigenvalue weighted by Gasteiger charge is -2.21. The van der Waals surface area contributed by atoms with Crippen LogP contribution < -0.4 is 10.1 Å². The molecular formula is C25H30ClNO5S2. The summed E-state index contributed by atoms with van der Waals surface area (Å²) in [6, 6.07) is 12.9. The summed E-state index contributed by atoms with van der Waals surface area (Å²) in [5, 5.41) is 14.0. The summed E-state index contributed by atoms with van der Waals surface area (Å²) in [5.74, 6) is -0.387. The predicted octanol–water partition coefficient (Wildman–Crippen LogP) is 5.49. The Bertz CT molecular complexity index is 1250. The van der Waals surface area contributed by atoms with E-state index < -0.39 is 21.4 Å². The Kier molecular flexibility index (Phi) is 8.62. The van der Waals surface area contributed by atoms with E-state index in [1.807, 2.05) is 31.2 Å². The maximum absolute atomic E-state index is 12.8. The van der Waals surface area contributed by atoms with Gasteiger partial charge in [-0.05, 0) is 100.0 Å². The molecule has 0 fully saturated rings. The Morgan fingerprint density at radius 3 is 2.47 bits per heavy atom. The van der Waals surface area contributed by atoms with E-state index in [9.17, 15) is 13.2 Å². The SMILES string of the molecule is Cc1c(S(=O)(=O)CCCNCCCc2ccc(OC(C)(C)C(=O)O)cc2)sc2ccc(Cl)cc12. The van der Waals surface area contributed by atoms with Crippen LogP contribution >= 0.6 is 22.9 Å². The van der Waals surface area contributed by atoms with Gasteiger partial charge in [0.1, 0.15) is 9.96 Å². The standard InChI is InChI=1S/C25H30ClNO5S2/c1-17-21-16-19(26)9-12-22(21)33-23(17)34(30,31)15-5-14-27-13-4-6-18-7-10-20(11-8-18)32-25(2,3)24(28)29/h7-12,16,27H,4-6,13-15H2,1-3H3,(H,28,29). The molecule has 3 rings (SSSR count). The first kappa shape index (κ1) is 26.5. The van der Waals surface area contributed by atoms with Crippen molar-refractivity contribution in [2.75, 3.05) is 18.8 Å². The van der Waals surface area contributed by atoms with Gasteiger partial charge in [-0.15, -0.1) is 11.3 Å². The van der Waals surface area contributed by atoms with Crippen LogP contribution in [0, 0.1) is 6.92 Å². The number of hydrogen-bond acceptors (Lipinski definition) is 6. The number of halogens is 1. The minimum atomic E-state index is -3.34. The molecular weight excluding hydrogens is 494 g/mol. The summed E-state index contributed by atoms with van der Waals surface area (Å²) in [6.45, 7) is 6.28. The highest BCUT2D eigenvalue weighted by molar-refractivity contribution is 7.93. The maximum atomic E-state index is 12.8. The number of carboxylic acids is 1. The number of aryl methyl sites for hydroxylation is 2. The molecule has 0 aliphatic heterocycles. The Labute approximate surface area is 209 Å². The van der Waals surface area contributed by atoms with Gasteiger partial charge in [0.15, 0.2) is 15.4 Å². The van der Waals surface area contributed by atoms with Gasteiger partial charge in [-0.1, -0.05) is 23.7 Å². The molecule has 3 aromatic rings. The number of thiophene rings is 1. The number of rotatable bonds is 12. The molecule has 0 saturated carbocycles. The lowest BCUT2D eigenvalue weighted by molar-refractivity contribution is -0.152. The second kappa shape index (κ2) is 11.1. The van der Waals surface area contributed by atoms with Crippen molar-refractivity contribution in [3.63, 3.8) is 0 Å². The third kappa shape index (κ3) is 6.72. The minimum Gasteiger partial charge on any atom is -0.478 e. The molecule has 0 amide bonds. The summed E-state index contributed by atoms with van der Waals surface area (Å²) in [6.07, 6.45) is 2.31. The van der Waals surface area contributed by atoms with Gasteiger partial charge >= 0.3 is 5.97 Å². The second-order valence-electron chi connectivity index (χ2n) is 8.74. The van der Waals surface area contributed by atoms with Crippen LogP contribution in [0.2, 0.25) is 5.02 Å². The Hall–Kier alpha value is -2.13. The summed E-state index contributed by atoms with van der Waals surface area (Å²) >= 11 is 7.37. The molecule has 184 valence electrons. The molecule has 6 nitrogen and oxygen atoms in total. The van der Waals surface area contributed by atoms with Crippen molar-refractivity contribution in [1.29, 1.82) is 0 Å². The largest absolute Gasteiger partial charge is 0.478 e. The van der Waals surface area contributed by atoms with E-state index in [4.69, 9.17) is 21.4 Å². The molecule has 0 radical (unpaired) electrons. The first-order valence-corrected chi connectivity index (χ1v) is 14.0. The van der Waals surface area contributed by atoms with Crippen molar-refractivity contribution < 1.29 is 23.1 Å². The molecule has 0 atom stereocenters. The van der Waals surface area contributed by atoms with Gasteiger partial charge in [0.25, 0.3) is 0 Å². The fraction of sp³-hybridized carbons (Fsp3) is 0.400. The second-order valence-corrected chi connectivity index (χ2v) is 12.5. The van der Waals surface area contributed by atoms with Gasteiger partial charge in [0.05, 0.1) is 5.75 Å². The van der Waals surface area contributed by atoms with E-state index in [1.54, 1.807) is 18.2 Å². The summed E-state index contributed by atoms with van der Waals surface area (Å²) in [5.41, 5.74) is 0.631. The van der Waals surface area contributed by atoms with Crippen LogP contribution in [-0.4, -0.2) is 43.9 Å². The van der Waals surface area contributed by atoms with Crippen LogP contribution in [0.25, 0.3) is 10.1 Å². The van der Waals surface area contributed by atoms with Crippen molar-refractivity contribution in [3.05, 3.63) is 58.6 Å². The van der Waals surface area contributed by atoms with Gasteiger partial charge in [-0.25, -0.2) is 13.2 Å². The van der Waals surface area contributed by atoms with Gasteiger partial charge in [0.2, 0.25) is 0 Å². The predicted molar refractivity (Wildman–Crippen MR) is 138 cm³/mol. The van der Waals surface area contributed by atoms with E-state index in [2.05, 4.69) is 5.32 Å². The van der Waals surface area contributed by atoms with E-state index in [1.165, 1.54) is 25.2 Å². The zero-order valence-corrected chi connectivity index (χ0v) is 21.9. The van der Waals surface area contributed by atoms with E-state index >= 15 is 0 Å². The molecule has 0 saturated heterocycles. The van der Waals surface area contributed by atoms with Gasteiger partial charge in [-0.2, -0.15) is 0 Å². The van der Waals surface area contributed by atoms with Crippen molar-refractivity contribution in [2.24, 2.45) is 0 Å². The molecule has 1 heterocycles. The minimum absolute atomic E-state index is 0.107. The number of hydrogen-bond donors (Lipinski definition) is 2. The number of aliphatic carboxylic acids is 1. The number of carbonyl (C=O) groups is 1. The number of sulfone groups is 1. The molecule has 2 N–H and O–H groups in total. The lowest BCUT2D eigenvalue weighted by Crippen LogP contribution is -2.37. The van der Waals surface area contributed by atoms with Crippen molar-refractivity contribution in [1.82, 2.24) is 5.32 Å². The molecule has 2 aromatic carbocycles. The molecule has 0 aliphatic rings. The van der Waals surface area contributed by atoms with Crippen LogP contribution in [-0.2, 0) is 21.1 Å². The summed E-state index contributed by atoms with van der Waals surface area (Å²) < 4.78 is 32.6. The molecule has 9 heteroatoms. The Balaban J connectivity index is 1.39. The number of ether oxygens (including phenoxy) is 1. The molecule has 34 heavy (non-hydrogen) atoms. The quantitative estimate of drug-likeness (QED) is 0.305. The highest BCUT2D eigenvalue weighted by atomic mass is 35.5. The zero-order chi connectivity index (χ0) is 24.9. The molecule has 0 aliphatic carbocycles. The third-order valence-corrected chi connectivity index (χ3v) is 9.55. The first-order valence-electron chi connectivity index (χ1n) is 11.1. The molecule has 0 bridgehead atoms.